The minimum absolute atomic E-state index is 0.0134. The normalized spacial score (nSPS) is 13.4. The summed E-state index contributed by atoms with van der Waals surface area (Å²) in [5.74, 6) is -1.70. The molecule has 3 aromatic carbocycles. The van der Waals surface area contributed by atoms with Crippen molar-refractivity contribution in [2.45, 2.75) is 18.4 Å². The van der Waals surface area contributed by atoms with Gasteiger partial charge in [0.1, 0.15) is 18.5 Å². The summed E-state index contributed by atoms with van der Waals surface area (Å²) in [6.07, 6.45) is 0.870. The monoisotopic (exact) mass is 458 g/mol. The summed E-state index contributed by atoms with van der Waals surface area (Å²) in [5.41, 5.74) is 5.31. The number of carboxylic acids is 1. The number of hydrogen-bond donors (Lipinski definition) is 2. The minimum atomic E-state index is -1.17. The predicted octanol–water partition coefficient (Wildman–Crippen LogP) is 5.18. The molecule has 0 fully saturated rings. The quantitative estimate of drug-likeness (QED) is 0.417. The number of ether oxygens (including phenoxy) is 1. The molecule has 1 aliphatic carbocycles. The van der Waals surface area contributed by atoms with Crippen molar-refractivity contribution in [2.24, 2.45) is 0 Å². The lowest BCUT2D eigenvalue weighted by Crippen LogP contribution is -2.44. The van der Waals surface area contributed by atoms with Gasteiger partial charge >= 0.3 is 12.1 Å². The van der Waals surface area contributed by atoms with Crippen molar-refractivity contribution in [1.29, 1.82) is 0 Å². The molecule has 4 aromatic rings. The van der Waals surface area contributed by atoms with Crippen molar-refractivity contribution in [3.05, 3.63) is 95.4 Å². The van der Waals surface area contributed by atoms with Gasteiger partial charge in [-0.3, -0.25) is 4.90 Å². The molecule has 1 atom stereocenters. The number of amides is 1. The molecule has 1 amide bonds. The van der Waals surface area contributed by atoms with E-state index in [-0.39, 0.29) is 18.9 Å². The molecule has 0 saturated carbocycles. The molecular weight excluding hydrogens is 435 g/mol. The van der Waals surface area contributed by atoms with Gasteiger partial charge in [-0.1, -0.05) is 60.7 Å². The van der Waals surface area contributed by atoms with Crippen LogP contribution in [0.4, 0.5) is 9.18 Å². The van der Waals surface area contributed by atoms with Gasteiger partial charge in [0.25, 0.3) is 0 Å². The topological polar surface area (TPSA) is 82.6 Å². The number of H-pyrrole nitrogens is 1. The van der Waals surface area contributed by atoms with Crippen molar-refractivity contribution < 1.29 is 23.8 Å². The van der Waals surface area contributed by atoms with Crippen molar-refractivity contribution in [2.75, 3.05) is 13.7 Å². The molecule has 7 heteroatoms. The number of nitrogens with one attached hydrogen (secondary N) is 1. The molecule has 1 heterocycles. The molecule has 0 aliphatic heterocycles. The smallest absolute Gasteiger partial charge is 0.410 e. The Labute approximate surface area is 195 Å². The summed E-state index contributed by atoms with van der Waals surface area (Å²) in [4.78, 5) is 28.9. The van der Waals surface area contributed by atoms with Gasteiger partial charge < -0.3 is 14.8 Å². The van der Waals surface area contributed by atoms with Crippen LogP contribution in [0.25, 0.3) is 22.0 Å². The molecule has 0 bridgehead atoms. The average Bonchev–Trinajstić information content (AvgIpc) is 3.40. The summed E-state index contributed by atoms with van der Waals surface area (Å²) in [6, 6.07) is 19.5. The van der Waals surface area contributed by atoms with E-state index in [1.165, 1.54) is 13.1 Å². The first kappa shape index (κ1) is 21.7. The molecule has 6 nitrogen and oxygen atoms in total. The first-order valence-corrected chi connectivity index (χ1v) is 11.0. The minimum Gasteiger partial charge on any atom is -0.480 e. The lowest BCUT2D eigenvalue weighted by molar-refractivity contribution is -0.142. The van der Waals surface area contributed by atoms with E-state index in [9.17, 15) is 19.1 Å². The third-order valence-corrected chi connectivity index (χ3v) is 6.54. The van der Waals surface area contributed by atoms with Gasteiger partial charge in [-0.05, 0) is 33.9 Å². The number of halogens is 1. The Hall–Kier alpha value is -4.13. The van der Waals surface area contributed by atoms with Crippen LogP contribution in [0.1, 0.15) is 22.6 Å². The second-order valence-electron chi connectivity index (χ2n) is 8.45. The van der Waals surface area contributed by atoms with E-state index in [0.717, 1.165) is 27.2 Å². The molecule has 5 rings (SSSR count). The predicted molar refractivity (Wildman–Crippen MR) is 126 cm³/mol. The zero-order valence-electron chi connectivity index (χ0n) is 18.5. The van der Waals surface area contributed by atoms with Crippen LogP contribution in [0.3, 0.4) is 0 Å². The number of carboxylic acid groups (broad SMARTS) is 1. The van der Waals surface area contributed by atoms with Gasteiger partial charge in [0.2, 0.25) is 0 Å². The fraction of sp³-hybridized carbons (Fsp3) is 0.185. The molecule has 0 spiro atoms. The first-order chi connectivity index (χ1) is 16.5. The van der Waals surface area contributed by atoms with Crippen LogP contribution in [0, 0.1) is 5.82 Å². The number of hydrogen-bond acceptors (Lipinski definition) is 3. The lowest BCUT2D eigenvalue weighted by Gasteiger charge is -2.25. The van der Waals surface area contributed by atoms with Gasteiger partial charge in [-0.25, -0.2) is 14.0 Å². The van der Waals surface area contributed by atoms with Crippen LogP contribution in [0.15, 0.2) is 72.9 Å². The van der Waals surface area contributed by atoms with Crippen molar-refractivity contribution in [3.8, 4) is 11.1 Å². The van der Waals surface area contributed by atoms with Crippen LogP contribution in [0.5, 0.6) is 0 Å². The van der Waals surface area contributed by atoms with E-state index in [1.54, 1.807) is 18.3 Å². The van der Waals surface area contributed by atoms with E-state index in [1.807, 2.05) is 48.5 Å². The van der Waals surface area contributed by atoms with Gasteiger partial charge in [0.15, 0.2) is 0 Å². The molecule has 1 aliphatic rings. The molecule has 34 heavy (non-hydrogen) atoms. The second kappa shape index (κ2) is 8.67. The van der Waals surface area contributed by atoms with Crippen LogP contribution >= 0.6 is 0 Å². The van der Waals surface area contributed by atoms with Gasteiger partial charge in [0.05, 0.1) is 5.52 Å². The lowest BCUT2D eigenvalue weighted by atomic mass is 9.98. The number of fused-ring (bicyclic) bond motifs is 4. The van der Waals surface area contributed by atoms with Gasteiger partial charge in [-0.15, -0.1) is 0 Å². The third kappa shape index (κ3) is 3.69. The standard InChI is InChI=1S/C27H23FN2O4/c1-30(24(26(31)32)13-16-14-29-25-17(16)11-6-12-23(25)28)27(33)34-15-22-20-9-4-2-7-18(20)19-8-3-5-10-21(19)22/h2-12,14,22,24,29H,13,15H2,1H3,(H,31,32)/t24-/m0/s1. The molecule has 1 aromatic heterocycles. The highest BCUT2D eigenvalue weighted by Gasteiger charge is 2.32. The van der Waals surface area contributed by atoms with E-state index in [0.29, 0.717) is 16.5 Å². The number of aromatic amines is 1. The molecule has 0 unspecified atom stereocenters. The molecule has 2 N–H and O–H groups in total. The third-order valence-electron chi connectivity index (χ3n) is 6.54. The second-order valence-corrected chi connectivity index (χ2v) is 8.45. The number of nitrogens with zero attached hydrogens (tertiary/aromatic N) is 1. The number of aromatic nitrogens is 1. The Kier molecular flexibility index (Phi) is 5.53. The van der Waals surface area contributed by atoms with Crippen LogP contribution < -0.4 is 0 Å². The van der Waals surface area contributed by atoms with Crippen molar-refractivity contribution in [3.63, 3.8) is 0 Å². The summed E-state index contributed by atoms with van der Waals surface area (Å²) in [5, 5.41) is 10.4. The Morgan fingerprint density at radius 1 is 1.03 bits per heavy atom. The molecule has 0 radical (unpaired) electrons. The van der Waals surface area contributed by atoms with E-state index >= 15 is 0 Å². The number of benzene rings is 3. The van der Waals surface area contributed by atoms with Crippen LogP contribution in [-0.2, 0) is 16.0 Å². The maximum Gasteiger partial charge on any atom is 0.410 e. The summed E-state index contributed by atoms with van der Waals surface area (Å²) < 4.78 is 19.6. The summed E-state index contributed by atoms with van der Waals surface area (Å²) in [6.45, 7) is 0.0990. The molecular formula is C27H23FN2O4. The SMILES string of the molecule is CN(C(=O)OCC1c2ccccc2-c2ccccc21)[C@@H](Cc1c[nH]c2c(F)cccc12)C(=O)O. The Bertz CT molecular complexity index is 1350. The van der Waals surface area contributed by atoms with Crippen LogP contribution in [0.2, 0.25) is 0 Å². The first-order valence-electron chi connectivity index (χ1n) is 11.0. The number of para-hydroxylation sites is 1. The maximum atomic E-state index is 14.0. The zero-order chi connectivity index (χ0) is 23.8. The number of aliphatic carboxylic acids is 1. The fourth-order valence-electron chi connectivity index (χ4n) is 4.77. The van der Waals surface area contributed by atoms with Gasteiger partial charge in [-0.2, -0.15) is 0 Å². The zero-order valence-corrected chi connectivity index (χ0v) is 18.5. The molecule has 172 valence electrons. The number of likely N-dealkylation sites (N-methyl/N-ethyl adjacent to an activating group) is 1. The number of carbonyl (C=O) groups excluding carboxylic acids is 1. The maximum absolute atomic E-state index is 14.0. The van der Waals surface area contributed by atoms with Crippen LogP contribution in [-0.4, -0.2) is 46.7 Å². The highest BCUT2D eigenvalue weighted by molar-refractivity contribution is 5.86. The summed E-state index contributed by atoms with van der Waals surface area (Å²) in [7, 11) is 1.41. The average molecular weight is 458 g/mol. The van der Waals surface area contributed by atoms with Crippen molar-refractivity contribution >= 4 is 23.0 Å². The number of rotatable bonds is 6. The number of carbonyl (C=O) groups is 2. The van der Waals surface area contributed by atoms with E-state index < -0.39 is 23.9 Å². The van der Waals surface area contributed by atoms with E-state index in [4.69, 9.17) is 4.74 Å². The fourth-order valence-corrected chi connectivity index (χ4v) is 4.77. The summed E-state index contributed by atoms with van der Waals surface area (Å²) >= 11 is 0. The Balaban J connectivity index is 1.33. The highest BCUT2D eigenvalue weighted by atomic mass is 19.1. The van der Waals surface area contributed by atoms with Crippen molar-refractivity contribution in [1.82, 2.24) is 9.88 Å². The Morgan fingerprint density at radius 2 is 1.68 bits per heavy atom. The molecule has 0 saturated heterocycles. The Morgan fingerprint density at radius 3 is 2.32 bits per heavy atom. The van der Waals surface area contributed by atoms with Gasteiger partial charge in [0, 0.05) is 31.0 Å². The van der Waals surface area contributed by atoms with E-state index in [2.05, 4.69) is 4.98 Å². The highest BCUT2D eigenvalue weighted by Crippen LogP contribution is 2.44. The largest absolute Gasteiger partial charge is 0.480 e.